The third kappa shape index (κ3) is 5.03. The van der Waals surface area contributed by atoms with Gasteiger partial charge in [0.2, 0.25) is 0 Å². The minimum Gasteiger partial charge on any atom is -0.495 e. The number of ether oxygens (including phenoxy) is 3. The molecule has 4 aromatic carbocycles. The lowest BCUT2D eigenvalue weighted by Crippen LogP contribution is -2.42. The van der Waals surface area contributed by atoms with Crippen molar-refractivity contribution in [1.82, 2.24) is 0 Å². The van der Waals surface area contributed by atoms with E-state index in [0.29, 0.717) is 34.3 Å². The average molecular weight is 607 g/mol. The highest BCUT2D eigenvalue weighted by Gasteiger charge is 2.54. The van der Waals surface area contributed by atoms with Gasteiger partial charge in [0.1, 0.15) is 27.6 Å². The standard InChI is InChI=1S/C31H27ClN2O7S/c1-4-40-22-15-16-26-24(19-22)31(2,23-12-8-9-13-25(23)32)29(35)34(26)42(37,38)28-17-14-20(18-27(28)39-3)33-30(36)41-21-10-6-5-7-11-21/h5-19H,4H2,1-3H3,(H,33,36). The van der Waals surface area contributed by atoms with Crippen LogP contribution in [-0.2, 0) is 20.2 Å². The zero-order valence-electron chi connectivity index (χ0n) is 23.0. The molecule has 5 rings (SSSR count). The van der Waals surface area contributed by atoms with Gasteiger partial charge >= 0.3 is 6.09 Å². The molecule has 11 heteroatoms. The van der Waals surface area contributed by atoms with Gasteiger partial charge in [-0.25, -0.2) is 17.5 Å². The van der Waals surface area contributed by atoms with Gasteiger partial charge in [0.15, 0.2) is 0 Å². The largest absolute Gasteiger partial charge is 0.495 e. The predicted molar refractivity (Wildman–Crippen MR) is 159 cm³/mol. The Morgan fingerprint density at radius 3 is 2.33 bits per heavy atom. The number of rotatable bonds is 8. The number of para-hydroxylation sites is 1. The first kappa shape index (κ1) is 29.0. The summed E-state index contributed by atoms with van der Waals surface area (Å²) in [5, 5.41) is 2.87. The van der Waals surface area contributed by atoms with Gasteiger partial charge in [0.05, 0.1) is 19.4 Å². The Bertz CT molecular complexity index is 1780. The van der Waals surface area contributed by atoms with Crippen LogP contribution in [0, 0.1) is 0 Å². The number of anilines is 2. The monoisotopic (exact) mass is 606 g/mol. The second kappa shape index (κ2) is 11.4. The number of hydrogen-bond acceptors (Lipinski definition) is 7. The lowest BCUT2D eigenvalue weighted by Gasteiger charge is -2.26. The number of carbonyl (C=O) groups is 2. The van der Waals surface area contributed by atoms with Gasteiger partial charge in [-0.15, -0.1) is 0 Å². The molecule has 0 saturated heterocycles. The first-order valence-corrected chi connectivity index (χ1v) is 14.8. The van der Waals surface area contributed by atoms with Gasteiger partial charge in [-0.2, -0.15) is 0 Å². The second-order valence-electron chi connectivity index (χ2n) is 9.48. The Balaban J connectivity index is 1.55. The fraction of sp³-hybridized carbons (Fsp3) is 0.161. The number of nitrogens with one attached hydrogen (secondary N) is 1. The van der Waals surface area contributed by atoms with E-state index in [-0.39, 0.29) is 22.0 Å². The molecule has 4 aromatic rings. The molecule has 1 heterocycles. The predicted octanol–water partition coefficient (Wildman–Crippen LogP) is 6.40. The van der Waals surface area contributed by atoms with E-state index >= 15 is 0 Å². The third-order valence-corrected chi connectivity index (χ3v) is 9.01. The quantitative estimate of drug-likeness (QED) is 0.247. The number of halogens is 1. The van der Waals surface area contributed by atoms with Gasteiger partial charge in [0.25, 0.3) is 15.9 Å². The van der Waals surface area contributed by atoms with Crippen molar-refractivity contribution in [3.8, 4) is 17.2 Å². The second-order valence-corrected chi connectivity index (χ2v) is 11.6. The van der Waals surface area contributed by atoms with Crippen LogP contribution < -0.4 is 23.8 Å². The molecule has 1 unspecified atom stereocenters. The van der Waals surface area contributed by atoms with E-state index in [1.54, 1.807) is 79.7 Å². The zero-order chi connectivity index (χ0) is 30.1. The third-order valence-electron chi connectivity index (χ3n) is 6.94. The van der Waals surface area contributed by atoms with E-state index in [9.17, 15) is 18.0 Å². The number of carbonyl (C=O) groups excluding carboxylic acids is 2. The van der Waals surface area contributed by atoms with Crippen molar-refractivity contribution >= 4 is 45.0 Å². The summed E-state index contributed by atoms with van der Waals surface area (Å²) >= 11 is 6.55. The Kier molecular flexibility index (Phi) is 7.85. The summed E-state index contributed by atoms with van der Waals surface area (Å²) in [6.07, 6.45) is -0.775. The van der Waals surface area contributed by atoms with Crippen molar-refractivity contribution < 1.29 is 32.2 Å². The summed E-state index contributed by atoms with van der Waals surface area (Å²) in [5.74, 6) is 0.0208. The van der Waals surface area contributed by atoms with Crippen LogP contribution in [0.4, 0.5) is 16.2 Å². The van der Waals surface area contributed by atoms with Gasteiger partial charge < -0.3 is 14.2 Å². The summed E-state index contributed by atoms with van der Waals surface area (Å²) in [7, 11) is -3.23. The molecule has 1 N–H and O–H groups in total. The lowest BCUT2D eigenvalue weighted by atomic mass is 9.77. The van der Waals surface area contributed by atoms with Crippen molar-refractivity contribution in [3.05, 3.63) is 107 Å². The fourth-order valence-corrected chi connectivity index (χ4v) is 6.92. The molecule has 0 bridgehead atoms. The van der Waals surface area contributed by atoms with Crippen molar-refractivity contribution in [2.45, 2.75) is 24.2 Å². The van der Waals surface area contributed by atoms with Crippen molar-refractivity contribution in [3.63, 3.8) is 0 Å². The molecule has 2 amide bonds. The molecule has 0 saturated carbocycles. The summed E-state index contributed by atoms with van der Waals surface area (Å²) in [6.45, 7) is 3.85. The summed E-state index contributed by atoms with van der Waals surface area (Å²) < 4.78 is 45.6. The van der Waals surface area contributed by atoms with Gasteiger partial charge in [-0.05, 0) is 67.9 Å². The maximum atomic E-state index is 14.2. The highest BCUT2D eigenvalue weighted by atomic mass is 35.5. The topological polar surface area (TPSA) is 111 Å². The molecule has 0 radical (unpaired) electrons. The summed E-state index contributed by atoms with van der Waals surface area (Å²) in [5.41, 5.74) is -0.170. The van der Waals surface area contributed by atoms with E-state index in [1.165, 1.54) is 25.3 Å². The molecule has 9 nitrogen and oxygen atoms in total. The van der Waals surface area contributed by atoms with E-state index in [4.69, 9.17) is 25.8 Å². The molecule has 0 fully saturated rings. The molecule has 0 spiro atoms. The van der Waals surface area contributed by atoms with Gasteiger partial charge in [0, 0.05) is 22.3 Å². The number of fused-ring (bicyclic) bond motifs is 1. The smallest absolute Gasteiger partial charge is 0.417 e. The first-order chi connectivity index (χ1) is 20.1. The number of sulfonamides is 1. The van der Waals surface area contributed by atoms with Crippen molar-refractivity contribution in [2.24, 2.45) is 0 Å². The van der Waals surface area contributed by atoms with Crippen LogP contribution in [0.15, 0.2) is 95.9 Å². The number of hydrogen-bond donors (Lipinski definition) is 1. The first-order valence-electron chi connectivity index (χ1n) is 12.9. The Hall–Kier alpha value is -4.54. The summed E-state index contributed by atoms with van der Waals surface area (Å²) in [4.78, 5) is 26.4. The Labute approximate surface area is 248 Å². The van der Waals surface area contributed by atoms with Crippen LogP contribution in [0.5, 0.6) is 17.2 Å². The molecular formula is C31H27ClN2O7S. The Morgan fingerprint density at radius 1 is 0.929 bits per heavy atom. The van der Waals surface area contributed by atoms with Crippen LogP contribution in [0.25, 0.3) is 0 Å². The van der Waals surface area contributed by atoms with Crippen molar-refractivity contribution in [1.29, 1.82) is 0 Å². The fourth-order valence-electron chi connectivity index (χ4n) is 4.94. The van der Waals surface area contributed by atoms with Crippen LogP contribution in [0.3, 0.4) is 0 Å². The highest BCUT2D eigenvalue weighted by Crippen LogP contribution is 2.51. The van der Waals surface area contributed by atoms with Crippen molar-refractivity contribution in [2.75, 3.05) is 23.3 Å². The van der Waals surface area contributed by atoms with E-state index in [2.05, 4.69) is 5.32 Å². The molecule has 216 valence electrons. The number of benzene rings is 4. The molecule has 1 atom stereocenters. The normalized spacial score (nSPS) is 16.1. The molecule has 0 aromatic heterocycles. The molecule has 42 heavy (non-hydrogen) atoms. The lowest BCUT2D eigenvalue weighted by molar-refractivity contribution is -0.120. The van der Waals surface area contributed by atoms with Crippen LogP contribution in [-0.4, -0.2) is 34.1 Å². The molecular weight excluding hydrogens is 580 g/mol. The zero-order valence-corrected chi connectivity index (χ0v) is 24.5. The number of amides is 2. The van der Waals surface area contributed by atoms with Crippen LogP contribution in [0.1, 0.15) is 25.0 Å². The molecule has 1 aliphatic rings. The maximum Gasteiger partial charge on any atom is 0.417 e. The minimum atomic E-state index is -4.52. The SMILES string of the molecule is CCOc1ccc2c(c1)C(C)(c1ccccc1Cl)C(=O)N2S(=O)(=O)c1ccc(NC(=O)Oc2ccccc2)cc1OC. The van der Waals surface area contributed by atoms with Gasteiger partial charge in [-0.1, -0.05) is 48.0 Å². The highest BCUT2D eigenvalue weighted by molar-refractivity contribution is 7.93. The maximum absolute atomic E-state index is 14.2. The average Bonchev–Trinajstić information content (AvgIpc) is 3.20. The number of methoxy groups -OCH3 is 1. The number of nitrogens with zero attached hydrogens (tertiary/aromatic N) is 1. The van der Waals surface area contributed by atoms with Crippen LogP contribution in [0.2, 0.25) is 5.02 Å². The minimum absolute atomic E-state index is 0.0841. The molecule has 0 aliphatic carbocycles. The van der Waals surface area contributed by atoms with E-state index < -0.39 is 27.4 Å². The summed E-state index contributed by atoms with van der Waals surface area (Å²) in [6, 6.07) is 24.1. The molecule has 1 aliphatic heterocycles. The van der Waals surface area contributed by atoms with E-state index in [1.807, 2.05) is 6.92 Å². The van der Waals surface area contributed by atoms with Crippen LogP contribution >= 0.6 is 11.6 Å². The Morgan fingerprint density at radius 2 is 1.64 bits per heavy atom. The van der Waals surface area contributed by atoms with E-state index in [0.717, 1.165) is 4.31 Å². The van der Waals surface area contributed by atoms with Gasteiger partial charge in [-0.3, -0.25) is 10.1 Å².